The molecule has 0 bridgehead atoms. The molecule has 1 aliphatic heterocycles. The summed E-state index contributed by atoms with van der Waals surface area (Å²) in [7, 11) is 0. The summed E-state index contributed by atoms with van der Waals surface area (Å²) in [5, 5.41) is 3.58. The van der Waals surface area contributed by atoms with Crippen LogP contribution in [-0.2, 0) is 6.42 Å². The molecule has 1 nitrogen and oxygen atoms in total. The van der Waals surface area contributed by atoms with E-state index in [-0.39, 0.29) is 0 Å². The lowest BCUT2D eigenvalue weighted by Gasteiger charge is -2.43. The van der Waals surface area contributed by atoms with Crippen LogP contribution in [0.4, 0.5) is 0 Å². The fourth-order valence-corrected chi connectivity index (χ4v) is 2.27. The molecule has 1 fully saturated rings. The van der Waals surface area contributed by atoms with Gasteiger partial charge in [-0.3, -0.25) is 0 Å². The van der Waals surface area contributed by atoms with Crippen molar-refractivity contribution in [2.75, 3.05) is 6.54 Å². The smallest absolute Gasteiger partial charge is 0.0231 e. The van der Waals surface area contributed by atoms with E-state index in [0.29, 0.717) is 5.54 Å². The van der Waals surface area contributed by atoms with Gasteiger partial charge in [-0.2, -0.15) is 0 Å². The molecular weight excluding hydrogens is 170 g/mol. The summed E-state index contributed by atoms with van der Waals surface area (Å²) in [4.78, 5) is 0. The molecule has 1 aliphatic rings. The fourth-order valence-electron chi connectivity index (χ4n) is 2.27. The predicted molar refractivity (Wildman–Crippen MR) is 60.5 cm³/mol. The van der Waals surface area contributed by atoms with E-state index in [9.17, 15) is 0 Å². The molecule has 2 rings (SSSR count). The van der Waals surface area contributed by atoms with Gasteiger partial charge in [0.1, 0.15) is 0 Å². The first-order chi connectivity index (χ1) is 6.74. The Hall–Kier alpha value is -0.820. The van der Waals surface area contributed by atoms with Gasteiger partial charge in [0.25, 0.3) is 0 Å². The SMILES string of the molecule is CCC1(Cc2cccc(C)c2)CCN1. The molecular formula is C13H19N. The third-order valence-corrected chi connectivity index (χ3v) is 3.41. The molecule has 0 saturated carbocycles. The number of rotatable bonds is 3. The molecule has 0 aliphatic carbocycles. The standard InChI is InChI=1S/C13H19N/c1-3-13(7-8-14-13)10-12-6-4-5-11(2)9-12/h4-6,9,14H,3,7-8,10H2,1-2H3. The first-order valence-corrected chi connectivity index (χ1v) is 5.55. The Balaban J connectivity index is 2.09. The summed E-state index contributed by atoms with van der Waals surface area (Å²) in [6.07, 6.45) is 3.75. The molecule has 1 heterocycles. The summed E-state index contributed by atoms with van der Waals surface area (Å²) >= 11 is 0. The summed E-state index contributed by atoms with van der Waals surface area (Å²) in [5.41, 5.74) is 3.25. The Morgan fingerprint density at radius 2 is 2.21 bits per heavy atom. The third-order valence-electron chi connectivity index (χ3n) is 3.41. The Morgan fingerprint density at radius 3 is 2.71 bits per heavy atom. The van der Waals surface area contributed by atoms with Crippen molar-refractivity contribution in [1.82, 2.24) is 5.32 Å². The Morgan fingerprint density at radius 1 is 1.43 bits per heavy atom. The normalized spacial score (nSPS) is 25.9. The molecule has 1 saturated heterocycles. The van der Waals surface area contributed by atoms with Crippen molar-refractivity contribution < 1.29 is 0 Å². The van der Waals surface area contributed by atoms with Gasteiger partial charge in [-0.25, -0.2) is 0 Å². The zero-order valence-corrected chi connectivity index (χ0v) is 9.14. The lowest BCUT2D eigenvalue weighted by molar-refractivity contribution is 0.198. The molecule has 1 atom stereocenters. The predicted octanol–water partition coefficient (Wildman–Crippen LogP) is 2.68. The lowest BCUT2D eigenvalue weighted by atomic mass is 9.79. The fraction of sp³-hybridized carbons (Fsp3) is 0.538. The highest BCUT2D eigenvalue weighted by Gasteiger charge is 2.34. The van der Waals surface area contributed by atoms with E-state index in [0.717, 1.165) is 0 Å². The second-order valence-electron chi connectivity index (χ2n) is 4.48. The summed E-state index contributed by atoms with van der Waals surface area (Å²) in [6.45, 7) is 5.64. The van der Waals surface area contributed by atoms with Gasteiger partial charge in [0.2, 0.25) is 0 Å². The summed E-state index contributed by atoms with van der Waals surface area (Å²) in [6, 6.07) is 8.87. The molecule has 1 heteroatoms. The topological polar surface area (TPSA) is 12.0 Å². The molecule has 0 radical (unpaired) electrons. The van der Waals surface area contributed by atoms with Gasteiger partial charge >= 0.3 is 0 Å². The van der Waals surface area contributed by atoms with Gasteiger partial charge in [-0.15, -0.1) is 0 Å². The Kier molecular flexibility index (Phi) is 2.60. The van der Waals surface area contributed by atoms with Crippen LogP contribution < -0.4 is 5.32 Å². The maximum atomic E-state index is 3.58. The zero-order valence-electron chi connectivity index (χ0n) is 9.14. The van der Waals surface area contributed by atoms with Crippen LogP contribution in [0.1, 0.15) is 30.9 Å². The van der Waals surface area contributed by atoms with Crippen molar-refractivity contribution in [1.29, 1.82) is 0 Å². The molecule has 76 valence electrons. The molecule has 1 N–H and O–H groups in total. The molecule has 1 aromatic rings. The average Bonchev–Trinajstić information content (AvgIpc) is 2.11. The van der Waals surface area contributed by atoms with Crippen LogP contribution in [0.25, 0.3) is 0 Å². The number of hydrogen-bond acceptors (Lipinski definition) is 1. The number of hydrogen-bond donors (Lipinski definition) is 1. The van der Waals surface area contributed by atoms with E-state index in [1.165, 1.54) is 36.9 Å². The first kappa shape index (κ1) is 9.72. The van der Waals surface area contributed by atoms with Crippen molar-refractivity contribution in [3.63, 3.8) is 0 Å². The Bertz CT molecular complexity index is 307. The Labute approximate surface area is 86.5 Å². The lowest BCUT2D eigenvalue weighted by Crippen LogP contribution is -2.57. The molecule has 1 aromatic carbocycles. The van der Waals surface area contributed by atoms with E-state index < -0.39 is 0 Å². The monoisotopic (exact) mass is 189 g/mol. The zero-order chi connectivity index (χ0) is 10.0. The van der Waals surface area contributed by atoms with Crippen molar-refractivity contribution >= 4 is 0 Å². The van der Waals surface area contributed by atoms with E-state index in [4.69, 9.17) is 0 Å². The van der Waals surface area contributed by atoms with Crippen molar-refractivity contribution in [2.24, 2.45) is 0 Å². The van der Waals surface area contributed by atoms with Crippen LogP contribution >= 0.6 is 0 Å². The summed E-state index contributed by atoms with van der Waals surface area (Å²) in [5.74, 6) is 0. The van der Waals surface area contributed by atoms with Gasteiger partial charge in [0, 0.05) is 5.54 Å². The van der Waals surface area contributed by atoms with Crippen molar-refractivity contribution in [3.8, 4) is 0 Å². The minimum atomic E-state index is 0.411. The molecule has 14 heavy (non-hydrogen) atoms. The maximum Gasteiger partial charge on any atom is 0.0231 e. The van der Waals surface area contributed by atoms with Crippen molar-refractivity contribution in [2.45, 2.75) is 38.6 Å². The van der Waals surface area contributed by atoms with Crippen LogP contribution in [0.15, 0.2) is 24.3 Å². The van der Waals surface area contributed by atoms with Crippen LogP contribution in [0.3, 0.4) is 0 Å². The van der Waals surface area contributed by atoms with Crippen molar-refractivity contribution in [3.05, 3.63) is 35.4 Å². The number of benzene rings is 1. The minimum absolute atomic E-state index is 0.411. The molecule has 0 aromatic heterocycles. The summed E-state index contributed by atoms with van der Waals surface area (Å²) < 4.78 is 0. The van der Waals surface area contributed by atoms with Gasteiger partial charge in [-0.05, 0) is 38.3 Å². The molecule has 1 unspecified atom stereocenters. The van der Waals surface area contributed by atoms with Crippen LogP contribution in [-0.4, -0.2) is 12.1 Å². The van der Waals surface area contributed by atoms with E-state index in [2.05, 4.69) is 43.4 Å². The van der Waals surface area contributed by atoms with E-state index >= 15 is 0 Å². The number of nitrogens with one attached hydrogen (secondary N) is 1. The highest BCUT2D eigenvalue weighted by Crippen LogP contribution is 2.27. The minimum Gasteiger partial charge on any atom is -0.311 e. The maximum absolute atomic E-state index is 3.58. The van der Waals surface area contributed by atoms with Crippen LogP contribution in [0, 0.1) is 6.92 Å². The quantitative estimate of drug-likeness (QED) is 0.771. The highest BCUT2D eigenvalue weighted by molar-refractivity contribution is 5.24. The van der Waals surface area contributed by atoms with Crippen LogP contribution in [0.2, 0.25) is 0 Å². The first-order valence-electron chi connectivity index (χ1n) is 5.55. The van der Waals surface area contributed by atoms with Gasteiger partial charge in [0.15, 0.2) is 0 Å². The average molecular weight is 189 g/mol. The van der Waals surface area contributed by atoms with Gasteiger partial charge < -0.3 is 5.32 Å². The van der Waals surface area contributed by atoms with E-state index in [1.807, 2.05) is 0 Å². The molecule has 0 spiro atoms. The largest absolute Gasteiger partial charge is 0.311 e. The second-order valence-corrected chi connectivity index (χ2v) is 4.48. The second kappa shape index (κ2) is 3.74. The van der Waals surface area contributed by atoms with Gasteiger partial charge in [0.05, 0.1) is 0 Å². The van der Waals surface area contributed by atoms with Crippen LogP contribution in [0.5, 0.6) is 0 Å². The highest BCUT2D eigenvalue weighted by atomic mass is 15.0. The van der Waals surface area contributed by atoms with Gasteiger partial charge in [-0.1, -0.05) is 36.8 Å². The molecule has 0 amide bonds. The number of aryl methyl sites for hydroxylation is 1. The van der Waals surface area contributed by atoms with E-state index in [1.54, 1.807) is 0 Å². The third kappa shape index (κ3) is 1.83.